The van der Waals surface area contributed by atoms with E-state index in [0.717, 1.165) is 33.4 Å². The average Bonchev–Trinajstić information content (AvgIpc) is 3.08. The summed E-state index contributed by atoms with van der Waals surface area (Å²) in [5, 5.41) is 11.3. The maximum absolute atomic E-state index is 11.3. The Balaban J connectivity index is 1.32. The van der Waals surface area contributed by atoms with Crippen molar-refractivity contribution < 1.29 is 9.66 Å². The van der Waals surface area contributed by atoms with Gasteiger partial charge in [0.1, 0.15) is 12.4 Å². The Hall–Kier alpha value is -5.74. The molecule has 0 bridgehead atoms. The van der Waals surface area contributed by atoms with Crippen LogP contribution in [0.1, 0.15) is 27.8 Å². The Kier molecular flexibility index (Phi) is 8.19. The lowest BCUT2D eigenvalue weighted by molar-refractivity contribution is -0.385. The van der Waals surface area contributed by atoms with E-state index in [1.807, 2.05) is 42.5 Å². The van der Waals surface area contributed by atoms with E-state index < -0.39 is 0 Å². The predicted octanol–water partition coefficient (Wildman–Crippen LogP) is 9.85. The van der Waals surface area contributed by atoms with Crippen LogP contribution in [0.3, 0.4) is 0 Å². The Labute approximate surface area is 251 Å². The van der Waals surface area contributed by atoms with Crippen molar-refractivity contribution in [2.45, 2.75) is 6.61 Å². The normalized spacial score (nSPS) is 10.6. The van der Waals surface area contributed by atoms with Crippen LogP contribution in [0.2, 0.25) is 0 Å². The molecule has 0 N–H and O–H groups in total. The van der Waals surface area contributed by atoms with Gasteiger partial charge >= 0.3 is 0 Å². The molecule has 43 heavy (non-hydrogen) atoms. The Morgan fingerprint density at radius 3 is 1.35 bits per heavy atom. The molecule has 0 saturated carbocycles. The molecule has 0 aliphatic rings. The molecule has 6 rings (SSSR count). The molecule has 0 heterocycles. The Morgan fingerprint density at radius 1 is 0.488 bits per heavy atom. The fraction of sp³-hybridized carbons (Fsp3) is 0.0256. The first kappa shape index (κ1) is 27.4. The first-order chi connectivity index (χ1) is 21.2. The van der Waals surface area contributed by atoms with Gasteiger partial charge in [-0.2, -0.15) is 0 Å². The molecule has 0 aliphatic heterocycles. The Morgan fingerprint density at radius 2 is 0.884 bits per heavy atom. The monoisotopic (exact) mass is 559 g/mol. The first-order valence-corrected chi connectivity index (χ1v) is 14.1. The number of ether oxygens (including phenoxy) is 1. The van der Waals surface area contributed by atoms with Gasteiger partial charge in [-0.1, -0.05) is 140 Å². The highest BCUT2D eigenvalue weighted by molar-refractivity contribution is 6.04. The van der Waals surface area contributed by atoms with E-state index in [2.05, 4.69) is 97.1 Å². The van der Waals surface area contributed by atoms with Crippen molar-refractivity contribution in [2.24, 2.45) is 0 Å². The van der Waals surface area contributed by atoms with Crippen LogP contribution < -0.4 is 4.74 Å². The van der Waals surface area contributed by atoms with Gasteiger partial charge in [-0.15, -0.1) is 0 Å². The van der Waals surface area contributed by atoms with E-state index in [1.165, 1.54) is 17.2 Å². The quantitative estimate of drug-likeness (QED) is 0.101. The summed E-state index contributed by atoms with van der Waals surface area (Å²) in [4.78, 5) is 10.9. The van der Waals surface area contributed by atoms with Gasteiger partial charge in [-0.05, 0) is 62.7 Å². The smallest absolute Gasteiger partial charge is 0.276 e. The molecule has 4 nitrogen and oxygen atoms in total. The fourth-order valence-corrected chi connectivity index (χ4v) is 5.27. The van der Waals surface area contributed by atoms with E-state index in [0.29, 0.717) is 11.3 Å². The van der Waals surface area contributed by atoms with Crippen LogP contribution in [-0.4, -0.2) is 4.92 Å². The SMILES string of the molecule is O=[N+]([O-])c1ccccc1COc1ccc(-c2ccc(C(=C(c3ccccc3)c3ccccc3)c3ccccc3)cc2)cc1. The van der Waals surface area contributed by atoms with Gasteiger partial charge in [0.15, 0.2) is 0 Å². The van der Waals surface area contributed by atoms with E-state index in [1.54, 1.807) is 18.2 Å². The van der Waals surface area contributed by atoms with Crippen LogP contribution in [-0.2, 0) is 6.61 Å². The molecule has 0 aromatic heterocycles. The molecule has 6 aromatic rings. The number of benzene rings is 6. The van der Waals surface area contributed by atoms with Crippen molar-refractivity contribution in [3.63, 3.8) is 0 Å². The van der Waals surface area contributed by atoms with Gasteiger partial charge < -0.3 is 4.74 Å². The second-order valence-corrected chi connectivity index (χ2v) is 10.1. The second kappa shape index (κ2) is 12.8. The largest absolute Gasteiger partial charge is 0.489 e. The lowest BCUT2D eigenvalue weighted by atomic mass is 9.85. The topological polar surface area (TPSA) is 52.4 Å². The highest BCUT2D eigenvalue weighted by Gasteiger charge is 2.16. The van der Waals surface area contributed by atoms with Crippen LogP contribution in [0.15, 0.2) is 164 Å². The summed E-state index contributed by atoms with van der Waals surface area (Å²) in [6, 6.07) is 54.7. The van der Waals surface area contributed by atoms with Crippen molar-refractivity contribution in [3.05, 3.63) is 202 Å². The molecule has 0 unspecified atom stereocenters. The molecule has 0 aliphatic carbocycles. The first-order valence-electron chi connectivity index (χ1n) is 14.1. The Bertz CT molecular complexity index is 1810. The highest BCUT2D eigenvalue weighted by Crippen LogP contribution is 2.37. The molecule has 0 spiro atoms. The van der Waals surface area contributed by atoms with Gasteiger partial charge in [0.05, 0.1) is 10.5 Å². The molecular formula is C39H29NO3. The molecule has 4 heteroatoms. The van der Waals surface area contributed by atoms with Crippen LogP contribution in [0, 0.1) is 10.1 Å². The summed E-state index contributed by atoms with van der Waals surface area (Å²) in [6.07, 6.45) is 0. The maximum atomic E-state index is 11.3. The molecule has 0 amide bonds. The molecule has 208 valence electrons. The molecule has 0 radical (unpaired) electrons. The molecule has 0 saturated heterocycles. The number of nitro groups is 1. The summed E-state index contributed by atoms with van der Waals surface area (Å²) in [5.41, 5.74) is 9.69. The minimum absolute atomic E-state index is 0.0609. The second-order valence-electron chi connectivity index (χ2n) is 10.1. The van der Waals surface area contributed by atoms with Gasteiger partial charge in [0.25, 0.3) is 5.69 Å². The van der Waals surface area contributed by atoms with Gasteiger partial charge in [0, 0.05) is 6.07 Å². The van der Waals surface area contributed by atoms with Crippen molar-refractivity contribution >= 4 is 16.8 Å². The maximum Gasteiger partial charge on any atom is 0.276 e. The molecule has 0 atom stereocenters. The zero-order valence-corrected chi connectivity index (χ0v) is 23.5. The number of rotatable bonds is 9. The van der Waals surface area contributed by atoms with Crippen molar-refractivity contribution in [1.82, 2.24) is 0 Å². The number of hydrogen-bond donors (Lipinski definition) is 0. The van der Waals surface area contributed by atoms with Crippen LogP contribution in [0.25, 0.3) is 22.3 Å². The number of nitro benzene ring substituents is 1. The molecule has 0 fully saturated rings. The zero-order chi connectivity index (χ0) is 29.4. The van der Waals surface area contributed by atoms with Crippen molar-refractivity contribution in [2.75, 3.05) is 0 Å². The van der Waals surface area contributed by atoms with Crippen molar-refractivity contribution in [3.8, 4) is 16.9 Å². The van der Waals surface area contributed by atoms with Crippen molar-refractivity contribution in [1.29, 1.82) is 0 Å². The predicted molar refractivity (Wildman–Crippen MR) is 174 cm³/mol. The summed E-state index contributed by atoms with van der Waals surface area (Å²) >= 11 is 0. The van der Waals surface area contributed by atoms with Gasteiger partial charge in [-0.25, -0.2) is 0 Å². The van der Waals surface area contributed by atoms with Crippen LogP contribution in [0.5, 0.6) is 5.75 Å². The fourth-order valence-electron chi connectivity index (χ4n) is 5.27. The third-order valence-corrected chi connectivity index (χ3v) is 7.38. The molecule has 6 aromatic carbocycles. The van der Waals surface area contributed by atoms with E-state index in [4.69, 9.17) is 4.74 Å². The minimum atomic E-state index is -0.382. The van der Waals surface area contributed by atoms with E-state index in [-0.39, 0.29) is 17.2 Å². The summed E-state index contributed by atoms with van der Waals surface area (Å²) in [6.45, 7) is 0.130. The third-order valence-electron chi connectivity index (χ3n) is 7.38. The highest BCUT2D eigenvalue weighted by atomic mass is 16.6. The number of nitrogens with zero attached hydrogens (tertiary/aromatic N) is 1. The lowest BCUT2D eigenvalue weighted by Crippen LogP contribution is -2.00. The summed E-state index contributed by atoms with van der Waals surface area (Å²) in [7, 11) is 0. The number of hydrogen-bond acceptors (Lipinski definition) is 3. The van der Waals surface area contributed by atoms with Gasteiger partial charge in [-0.3, -0.25) is 10.1 Å². The summed E-state index contributed by atoms with van der Waals surface area (Å²) < 4.78 is 5.87. The molecular weight excluding hydrogens is 530 g/mol. The van der Waals surface area contributed by atoms with Gasteiger partial charge in [0.2, 0.25) is 0 Å². The standard InChI is InChI=1S/C39H29NO3/c41-40(42)37-19-11-10-18-35(37)28-43-36-26-24-30(25-27-36)29-20-22-34(23-21-29)39(33-16-8-3-9-17-33)38(31-12-4-1-5-13-31)32-14-6-2-7-15-32/h1-27H,28H2. The van der Waals surface area contributed by atoms with E-state index in [9.17, 15) is 10.1 Å². The zero-order valence-electron chi connectivity index (χ0n) is 23.5. The van der Waals surface area contributed by atoms with E-state index >= 15 is 0 Å². The van der Waals surface area contributed by atoms with Crippen LogP contribution >= 0.6 is 0 Å². The summed E-state index contributed by atoms with van der Waals surface area (Å²) in [5.74, 6) is 0.656. The number of para-hydroxylation sites is 1. The van der Waals surface area contributed by atoms with Crippen LogP contribution in [0.4, 0.5) is 5.69 Å². The average molecular weight is 560 g/mol. The third kappa shape index (κ3) is 6.29. The lowest BCUT2D eigenvalue weighted by Gasteiger charge is -2.18. The minimum Gasteiger partial charge on any atom is -0.489 e.